The summed E-state index contributed by atoms with van der Waals surface area (Å²) >= 11 is 3.35. The molecule has 0 amide bonds. The third-order valence-corrected chi connectivity index (χ3v) is 3.56. The SMILES string of the molecule is CS(=O)(=O)c1nccc(-c2[nH]ncc2CCBr)n1. The molecule has 2 aromatic rings. The van der Waals surface area contributed by atoms with Gasteiger partial charge in [-0.25, -0.2) is 18.4 Å². The van der Waals surface area contributed by atoms with Crippen LogP contribution in [0.25, 0.3) is 11.4 Å². The lowest BCUT2D eigenvalue weighted by molar-refractivity contribution is 0.593. The molecule has 0 aromatic carbocycles. The standard InChI is InChI=1S/C10H11BrN4O2S/c1-18(16,17)10-12-5-3-8(14-10)9-7(2-4-11)6-13-15-9/h3,5-6H,2,4H2,1H3,(H,13,15). The first kappa shape index (κ1) is 13.2. The van der Waals surface area contributed by atoms with Gasteiger partial charge in [0.05, 0.1) is 17.6 Å². The van der Waals surface area contributed by atoms with E-state index in [4.69, 9.17) is 0 Å². The van der Waals surface area contributed by atoms with Gasteiger partial charge >= 0.3 is 0 Å². The molecule has 0 radical (unpaired) electrons. The third-order valence-electron chi connectivity index (χ3n) is 2.30. The van der Waals surface area contributed by atoms with Crippen molar-refractivity contribution in [3.63, 3.8) is 0 Å². The van der Waals surface area contributed by atoms with E-state index in [1.54, 1.807) is 12.3 Å². The summed E-state index contributed by atoms with van der Waals surface area (Å²) in [6.45, 7) is 0. The highest BCUT2D eigenvalue weighted by atomic mass is 79.9. The predicted octanol–water partition coefficient (Wildman–Crippen LogP) is 1.21. The van der Waals surface area contributed by atoms with Crippen LogP contribution in [0.5, 0.6) is 0 Å². The zero-order chi connectivity index (χ0) is 13.2. The largest absolute Gasteiger partial charge is 0.276 e. The van der Waals surface area contributed by atoms with Crippen LogP contribution in [0.1, 0.15) is 5.56 Å². The van der Waals surface area contributed by atoms with Crippen molar-refractivity contribution >= 4 is 25.8 Å². The van der Waals surface area contributed by atoms with E-state index < -0.39 is 9.84 Å². The minimum absolute atomic E-state index is 0.181. The average Bonchev–Trinajstić information content (AvgIpc) is 2.77. The van der Waals surface area contributed by atoms with Gasteiger partial charge in [0.2, 0.25) is 15.0 Å². The first-order chi connectivity index (χ1) is 8.52. The molecule has 0 spiro atoms. The van der Waals surface area contributed by atoms with Crippen LogP contribution in [0, 0.1) is 0 Å². The van der Waals surface area contributed by atoms with E-state index in [9.17, 15) is 8.42 Å². The number of rotatable bonds is 4. The van der Waals surface area contributed by atoms with Gasteiger partial charge in [-0.3, -0.25) is 5.10 Å². The fourth-order valence-electron chi connectivity index (χ4n) is 1.48. The van der Waals surface area contributed by atoms with Crippen molar-refractivity contribution in [3.8, 4) is 11.4 Å². The number of hydrogen-bond acceptors (Lipinski definition) is 5. The molecule has 1 N–H and O–H groups in total. The Morgan fingerprint density at radius 2 is 2.22 bits per heavy atom. The lowest BCUT2D eigenvalue weighted by atomic mass is 10.1. The molecule has 0 saturated heterocycles. The number of halogens is 1. The number of nitrogens with one attached hydrogen (secondary N) is 1. The summed E-state index contributed by atoms with van der Waals surface area (Å²) < 4.78 is 22.8. The fourth-order valence-corrected chi connectivity index (χ4v) is 2.43. The monoisotopic (exact) mass is 330 g/mol. The minimum Gasteiger partial charge on any atom is -0.276 e. The van der Waals surface area contributed by atoms with Gasteiger partial charge in [-0.2, -0.15) is 5.10 Å². The third kappa shape index (κ3) is 2.75. The quantitative estimate of drug-likeness (QED) is 0.672. The molecule has 0 unspecified atom stereocenters. The average molecular weight is 331 g/mol. The zero-order valence-corrected chi connectivity index (χ0v) is 12.0. The minimum atomic E-state index is -3.41. The Labute approximate surface area is 113 Å². The van der Waals surface area contributed by atoms with Crippen LogP contribution in [0.2, 0.25) is 0 Å². The molecule has 8 heteroatoms. The molecular formula is C10H11BrN4O2S. The van der Waals surface area contributed by atoms with E-state index in [-0.39, 0.29) is 5.16 Å². The van der Waals surface area contributed by atoms with Gasteiger partial charge in [-0.05, 0) is 12.5 Å². The molecule has 0 aliphatic heterocycles. The molecule has 96 valence electrons. The second kappa shape index (κ2) is 5.15. The number of alkyl halides is 1. The summed E-state index contributed by atoms with van der Waals surface area (Å²) in [6.07, 6.45) is 5.00. The van der Waals surface area contributed by atoms with E-state index in [0.717, 1.165) is 29.3 Å². The van der Waals surface area contributed by atoms with Gasteiger partial charge in [0.15, 0.2) is 0 Å². The summed E-state index contributed by atoms with van der Waals surface area (Å²) in [5.74, 6) is 0. The maximum Gasteiger partial charge on any atom is 0.247 e. The van der Waals surface area contributed by atoms with E-state index in [1.165, 1.54) is 6.20 Å². The van der Waals surface area contributed by atoms with E-state index >= 15 is 0 Å². The molecule has 18 heavy (non-hydrogen) atoms. The van der Waals surface area contributed by atoms with Crippen LogP contribution in [-0.2, 0) is 16.3 Å². The molecule has 0 saturated carbocycles. The summed E-state index contributed by atoms with van der Waals surface area (Å²) in [7, 11) is -3.41. The Morgan fingerprint density at radius 3 is 2.89 bits per heavy atom. The van der Waals surface area contributed by atoms with Crippen molar-refractivity contribution in [3.05, 3.63) is 24.0 Å². The molecule has 2 rings (SSSR count). The molecule has 2 heterocycles. The summed E-state index contributed by atoms with van der Waals surface area (Å²) in [6, 6.07) is 1.65. The van der Waals surface area contributed by atoms with Crippen LogP contribution < -0.4 is 0 Å². The number of nitrogens with zero attached hydrogens (tertiary/aromatic N) is 3. The zero-order valence-electron chi connectivity index (χ0n) is 9.59. The number of H-pyrrole nitrogens is 1. The highest BCUT2D eigenvalue weighted by Crippen LogP contribution is 2.20. The maximum atomic E-state index is 11.4. The predicted molar refractivity (Wildman–Crippen MR) is 70.2 cm³/mol. The van der Waals surface area contributed by atoms with Crippen molar-refractivity contribution < 1.29 is 8.42 Å². The van der Waals surface area contributed by atoms with Crippen molar-refractivity contribution in [2.24, 2.45) is 0 Å². The molecular weight excluding hydrogens is 320 g/mol. The van der Waals surface area contributed by atoms with E-state index in [1.807, 2.05) is 0 Å². The Balaban J connectivity index is 2.48. The Bertz CT molecular complexity index is 653. The van der Waals surface area contributed by atoms with Gasteiger partial charge in [0.1, 0.15) is 0 Å². The molecule has 0 bridgehead atoms. The Kier molecular flexibility index (Phi) is 3.76. The lowest BCUT2D eigenvalue weighted by Gasteiger charge is -2.02. The molecule has 0 aliphatic carbocycles. The molecule has 0 atom stereocenters. The van der Waals surface area contributed by atoms with Crippen LogP contribution in [0.15, 0.2) is 23.6 Å². The number of sulfone groups is 1. The van der Waals surface area contributed by atoms with Gasteiger partial charge in [-0.15, -0.1) is 0 Å². The number of aromatic amines is 1. The first-order valence-electron chi connectivity index (χ1n) is 5.14. The summed E-state index contributed by atoms with van der Waals surface area (Å²) in [4.78, 5) is 7.80. The van der Waals surface area contributed by atoms with Crippen molar-refractivity contribution in [1.82, 2.24) is 20.2 Å². The van der Waals surface area contributed by atoms with E-state index in [0.29, 0.717) is 5.69 Å². The highest BCUT2D eigenvalue weighted by molar-refractivity contribution is 9.09. The summed E-state index contributed by atoms with van der Waals surface area (Å²) in [5.41, 5.74) is 2.23. The van der Waals surface area contributed by atoms with Crippen molar-refractivity contribution in [1.29, 1.82) is 0 Å². The van der Waals surface area contributed by atoms with Gasteiger partial charge in [0, 0.05) is 23.3 Å². The topological polar surface area (TPSA) is 88.6 Å². The maximum absolute atomic E-state index is 11.4. The number of hydrogen-bond donors (Lipinski definition) is 1. The van der Waals surface area contributed by atoms with Crippen LogP contribution in [0.3, 0.4) is 0 Å². The Morgan fingerprint density at radius 1 is 1.44 bits per heavy atom. The second-order valence-corrected chi connectivity index (χ2v) is 6.41. The first-order valence-corrected chi connectivity index (χ1v) is 8.15. The molecule has 2 aromatic heterocycles. The second-order valence-electron chi connectivity index (χ2n) is 3.71. The van der Waals surface area contributed by atoms with Gasteiger partial charge < -0.3 is 0 Å². The molecule has 0 fully saturated rings. The summed E-state index contributed by atoms with van der Waals surface area (Å²) in [5, 5.41) is 7.40. The fraction of sp³-hybridized carbons (Fsp3) is 0.300. The number of aryl methyl sites for hydroxylation is 1. The van der Waals surface area contributed by atoms with Crippen LogP contribution in [-0.4, -0.2) is 40.2 Å². The molecule has 6 nitrogen and oxygen atoms in total. The highest BCUT2D eigenvalue weighted by Gasteiger charge is 2.14. The smallest absolute Gasteiger partial charge is 0.247 e. The van der Waals surface area contributed by atoms with Crippen LogP contribution >= 0.6 is 15.9 Å². The Hall–Kier alpha value is -1.28. The van der Waals surface area contributed by atoms with Crippen molar-refractivity contribution in [2.45, 2.75) is 11.6 Å². The molecule has 0 aliphatic rings. The van der Waals surface area contributed by atoms with E-state index in [2.05, 4.69) is 36.1 Å². The van der Waals surface area contributed by atoms with Gasteiger partial charge in [-0.1, -0.05) is 15.9 Å². The normalized spacial score (nSPS) is 11.7. The lowest BCUT2D eigenvalue weighted by Crippen LogP contribution is -2.04. The van der Waals surface area contributed by atoms with Crippen LogP contribution in [0.4, 0.5) is 0 Å². The van der Waals surface area contributed by atoms with Crippen molar-refractivity contribution in [2.75, 3.05) is 11.6 Å². The van der Waals surface area contributed by atoms with Gasteiger partial charge in [0.25, 0.3) is 0 Å². The number of aromatic nitrogens is 4.